The van der Waals surface area contributed by atoms with E-state index in [9.17, 15) is 0 Å². The Hall–Kier alpha value is -1.82. The lowest BCUT2D eigenvalue weighted by molar-refractivity contribution is 0.264. The minimum atomic E-state index is 0.189. The van der Waals surface area contributed by atoms with E-state index in [0.717, 1.165) is 5.57 Å². The maximum atomic E-state index is 4.41. The number of hydrogen-bond donors (Lipinski definition) is 0. The predicted octanol–water partition coefficient (Wildman–Crippen LogP) is 6.57. The Balaban J connectivity index is 2.15. The molecule has 0 fully saturated rings. The van der Waals surface area contributed by atoms with Crippen molar-refractivity contribution in [2.24, 2.45) is 5.92 Å². The molecule has 3 rings (SSSR count). The molecule has 0 spiro atoms. The molecule has 0 saturated carbocycles. The highest BCUT2D eigenvalue weighted by atomic mass is 14.5. The molecule has 1 atom stereocenters. The molecule has 24 heavy (non-hydrogen) atoms. The van der Waals surface area contributed by atoms with Crippen LogP contribution in [-0.4, -0.2) is 0 Å². The molecule has 1 aliphatic rings. The highest BCUT2D eigenvalue weighted by Gasteiger charge is 2.48. The van der Waals surface area contributed by atoms with Crippen molar-refractivity contribution in [3.05, 3.63) is 76.4 Å². The molecule has 1 unspecified atom stereocenters. The maximum absolute atomic E-state index is 4.41. The van der Waals surface area contributed by atoms with Gasteiger partial charge in [-0.3, -0.25) is 0 Å². The van der Waals surface area contributed by atoms with Gasteiger partial charge in [-0.05, 0) is 64.0 Å². The van der Waals surface area contributed by atoms with Gasteiger partial charge in [0.2, 0.25) is 0 Å². The van der Waals surface area contributed by atoms with Crippen molar-refractivity contribution < 1.29 is 0 Å². The Kier molecular flexibility index (Phi) is 3.79. The molecule has 0 heterocycles. The van der Waals surface area contributed by atoms with E-state index < -0.39 is 0 Å². The van der Waals surface area contributed by atoms with Crippen LogP contribution in [0.1, 0.15) is 68.0 Å². The predicted molar refractivity (Wildman–Crippen MR) is 106 cm³/mol. The molecule has 0 amide bonds. The lowest BCUT2D eigenvalue weighted by atomic mass is 9.71. The van der Waals surface area contributed by atoms with Crippen molar-refractivity contribution in [1.29, 1.82) is 0 Å². The summed E-state index contributed by atoms with van der Waals surface area (Å²) in [7, 11) is 0. The van der Waals surface area contributed by atoms with Gasteiger partial charge in [-0.1, -0.05) is 83.2 Å². The van der Waals surface area contributed by atoms with Crippen LogP contribution in [0.2, 0.25) is 0 Å². The smallest absolute Gasteiger partial charge is 0.00665 e. The summed E-state index contributed by atoms with van der Waals surface area (Å²) >= 11 is 0. The van der Waals surface area contributed by atoms with Crippen LogP contribution in [0.3, 0.4) is 0 Å². The molecule has 1 aliphatic carbocycles. The van der Waals surface area contributed by atoms with Crippen molar-refractivity contribution in [1.82, 2.24) is 0 Å². The van der Waals surface area contributed by atoms with Gasteiger partial charge >= 0.3 is 0 Å². The first-order valence-corrected chi connectivity index (χ1v) is 8.98. The molecule has 0 N–H and O–H groups in total. The Labute approximate surface area is 147 Å². The van der Waals surface area contributed by atoms with Crippen molar-refractivity contribution in [2.45, 2.75) is 59.3 Å². The second-order valence-corrected chi connectivity index (χ2v) is 8.72. The summed E-state index contributed by atoms with van der Waals surface area (Å²) in [5, 5.41) is 0. The first-order valence-electron chi connectivity index (χ1n) is 8.98. The fourth-order valence-corrected chi connectivity index (χ4v) is 4.38. The van der Waals surface area contributed by atoms with E-state index in [-0.39, 0.29) is 10.8 Å². The highest BCUT2D eigenvalue weighted by Crippen LogP contribution is 2.54. The molecule has 0 aliphatic heterocycles. The van der Waals surface area contributed by atoms with Crippen molar-refractivity contribution in [3.63, 3.8) is 0 Å². The quantitative estimate of drug-likeness (QED) is 0.587. The van der Waals surface area contributed by atoms with E-state index in [1.54, 1.807) is 0 Å². The number of benzene rings is 2. The standard InChI is InChI=1S/C24H30/c1-15-9-11-19(12-10-15)17(3)20-14-22-21(13-16(20)2)23(5,6)18(4)24(22,7)8/h9-14,18H,3H2,1-2,4-8H3. The Bertz CT molecular complexity index is 801. The SMILES string of the molecule is C=C(c1ccc(C)cc1)c1cc2c(cc1C)C(C)(C)C(C)C2(C)C. The molecule has 0 aromatic heterocycles. The van der Waals surface area contributed by atoms with E-state index in [1.165, 1.54) is 33.4 Å². The van der Waals surface area contributed by atoms with Crippen LogP contribution in [0.25, 0.3) is 5.57 Å². The second kappa shape index (κ2) is 5.34. The first kappa shape index (κ1) is 17.0. The summed E-state index contributed by atoms with van der Waals surface area (Å²) in [6.07, 6.45) is 0. The molecule has 0 heteroatoms. The highest BCUT2D eigenvalue weighted by molar-refractivity contribution is 5.81. The number of hydrogen-bond acceptors (Lipinski definition) is 0. The zero-order valence-electron chi connectivity index (χ0n) is 16.2. The van der Waals surface area contributed by atoms with Crippen molar-refractivity contribution in [2.75, 3.05) is 0 Å². The molecule has 0 saturated heterocycles. The third-order valence-corrected chi connectivity index (χ3v) is 6.64. The summed E-state index contributed by atoms with van der Waals surface area (Å²) in [6, 6.07) is 13.5. The van der Waals surface area contributed by atoms with E-state index in [1.807, 2.05) is 0 Å². The molecule has 0 radical (unpaired) electrons. The summed E-state index contributed by atoms with van der Waals surface area (Å²) in [5.74, 6) is 0.613. The number of fused-ring (bicyclic) bond motifs is 1. The van der Waals surface area contributed by atoms with Gasteiger partial charge in [0.25, 0.3) is 0 Å². The van der Waals surface area contributed by atoms with Gasteiger partial charge in [0.15, 0.2) is 0 Å². The van der Waals surface area contributed by atoms with Crippen molar-refractivity contribution in [3.8, 4) is 0 Å². The summed E-state index contributed by atoms with van der Waals surface area (Å²) in [4.78, 5) is 0. The zero-order chi connectivity index (χ0) is 17.9. The average molecular weight is 319 g/mol. The van der Waals surface area contributed by atoms with Gasteiger partial charge in [-0.25, -0.2) is 0 Å². The third-order valence-electron chi connectivity index (χ3n) is 6.64. The van der Waals surface area contributed by atoms with E-state index in [4.69, 9.17) is 0 Å². The lowest BCUT2D eigenvalue weighted by Gasteiger charge is -2.32. The van der Waals surface area contributed by atoms with Crippen LogP contribution in [0.15, 0.2) is 43.0 Å². The monoisotopic (exact) mass is 318 g/mol. The average Bonchev–Trinajstić information content (AvgIpc) is 2.65. The van der Waals surface area contributed by atoms with Crippen LogP contribution in [-0.2, 0) is 10.8 Å². The lowest BCUT2D eigenvalue weighted by Crippen LogP contribution is -2.30. The topological polar surface area (TPSA) is 0 Å². The summed E-state index contributed by atoms with van der Waals surface area (Å²) < 4.78 is 0. The fraction of sp³-hybridized carbons (Fsp3) is 0.417. The molecule has 2 aromatic carbocycles. The van der Waals surface area contributed by atoms with Gasteiger partial charge in [0.05, 0.1) is 0 Å². The van der Waals surface area contributed by atoms with Gasteiger partial charge in [0, 0.05) is 0 Å². The Morgan fingerprint density at radius 3 is 1.92 bits per heavy atom. The summed E-state index contributed by atoms with van der Waals surface area (Å²) in [5.41, 5.74) is 9.66. The van der Waals surface area contributed by atoms with E-state index >= 15 is 0 Å². The third kappa shape index (κ3) is 2.35. The molecular weight excluding hydrogens is 288 g/mol. The van der Waals surface area contributed by atoms with Gasteiger partial charge in [-0.15, -0.1) is 0 Å². The normalized spacial score (nSPS) is 20.7. The molecule has 0 bridgehead atoms. The number of aryl methyl sites for hydroxylation is 2. The first-order chi connectivity index (χ1) is 11.1. The van der Waals surface area contributed by atoms with E-state index in [2.05, 4.69) is 91.4 Å². The van der Waals surface area contributed by atoms with Gasteiger partial charge < -0.3 is 0 Å². The molecule has 126 valence electrons. The zero-order valence-corrected chi connectivity index (χ0v) is 16.2. The van der Waals surface area contributed by atoms with Crippen LogP contribution in [0.4, 0.5) is 0 Å². The second-order valence-electron chi connectivity index (χ2n) is 8.72. The van der Waals surface area contributed by atoms with Gasteiger partial charge in [-0.2, -0.15) is 0 Å². The number of rotatable bonds is 2. The fourth-order valence-electron chi connectivity index (χ4n) is 4.38. The molecule has 2 aromatic rings. The molecular formula is C24H30. The molecule has 0 nitrogen and oxygen atoms in total. The van der Waals surface area contributed by atoms with Crippen LogP contribution >= 0.6 is 0 Å². The summed E-state index contributed by atoms with van der Waals surface area (Å²) in [6.45, 7) is 20.7. The minimum absolute atomic E-state index is 0.189. The maximum Gasteiger partial charge on any atom is -0.00665 e. The van der Waals surface area contributed by atoms with Crippen molar-refractivity contribution >= 4 is 5.57 Å². The Morgan fingerprint density at radius 1 is 0.875 bits per heavy atom. The van der Waals surface area contributed by atoms with Crippen LogP contribution in [0.5, 0.6) is 0 Å². The van der Waals surface area contributed by atoms with Gasteiger partial charge in [0.1, 0.15) is 0 Å². The van der Waals surface area contributed by atoms with E-state index in [0.29, 0.717) is 5.92 Å². The largest absolute Gasteiger partial charge is 0.0905 e. The van der Waals surface area contributed by atoms with Crippen LogP contribution < -0.4 is 0 Å². The Morgan fingerprint density at radius 2 is 1.38 bits per heavy atom. The minimum Gasteiger partial charge on any atom is -0.0905 e. The van der Waals surface area contributed by atoms with Crippen LogP contribution in [0, 0.1) is 19.8 Å².